The van der Waals surface area contributed by atoms with Gasteiger partial charge in [0.05, 0.1) is 44.3 Å². The highest BCUT2D eigenvalue weighted by atomic mass is 35.5. The van der Waals surface area contributed by atoms with Crippen LogP contribution >= 0.6 is 11.6 Å². The third-order valence-corrected chi connectivity index (χ3v) is 6.46. The number of methoxy groups -OCH3 is 3. The van der Waals surface area contributed by atoms with Crippen molar-refractivity contribution >= 4 is 33.2 Å². The Morgan fingerprint density at radius 3 is 2.19 bits per heavy atom. The molecule has 10 heteroatoms. The first-order valence-corrected chi connectivity index (χ1v) is 12.1. The summed E-state index contributed by atoms with van der Waals surface area (Å²) in [5.74, 6) is 1.13. The van der Waals surface area contributed by atoms with Crippen molar-refractivity contribution in [2.75, 3.05) is 31.9 Å². The number of nitrogens with one attached hydrogen (secondary N) is 1. The summed E-state index contributed by atoms with van der Waals surface area (Å²) in [7, 11) is 0.741. The van der Waals surface area contributed by atoms with Gasteiger partial charge in [0.2, 0.25) is 15.9 Å². The number of rotatable bonds is 10. The number of hydrogen-bond donors (Lipinski definition) is 1. The van der Waals surface area contributed by atoms with Gasteiger partial charge in [0.25, 0.3) is 0 Å². The van der Waals surface area contributed by atoms with Gasteiger partial charge in [-0.2, -0.15) is 0 Å². The number of nitrogens with zero attached hydrogens (tertiary/aromatic N) is 1. The van der Waals surface area contributed by atoms with Crippen molar-refractivity contribution in [3.05, 3.63) is 47.0 Å². The van der Waals surface area contributed by atoms with Gasteiger partial charge in [-0.3, -0.25) is 9.10 Å². The predicted molar refractivity (Wildman–Crippen MR) is 126 cm³/mol. The smallest absolute Gasteiger partial charge is 0.244 e. The third kappa shape index (κ3) is 5.77. The summed E-state index contributed by atoms with van der Waals surface area (Å²) in [5, 5.41) is 3.13. The van der Waals surface area contributed by atoms with Gasteiger partial charge in [0.15, 0.2) is 0 Å². The zero-order valence-corrected chi connectivity index (χ0v) is 20.6. The summed E-state index contributed by atoms with van der Waals surface area (Å²) in [6, 6.07) is 8.38. The van der Waals surface area contributed by atoms with Gasteiger partial charge in [0, 0.05) is 5.56 Å². The van der Waals surface area contributed by atoms with Crippen LogP contribution in [0.3, 0.4) is 0 Å². The lowest BCUT2D eigenvalue weighted by Gasteiger charge is -2.31. The van der Waals surface area contributed by atoms with Crippen molar-refractivity contribution in [1.29, 1.82) is 0 Å². The Balaban J connectivity index is 2.40. The van der Waals surface area contributed by atoms with Crippen molar-refractivity contribution < 1.29 is 27.4 Å². The van der Waals surface area contributed by atoms with Crippen LogP contribution < -0.4 is 23.8 Å². The van der Waals surface area contributed by atoms with E-state index in [0.717, 1.165) is 10.6 Å². The van der Waals surface area contributed by atoms with E-state index in [1.807, 2.05) is 0 Å². The molecule has 0 bridgehead atoms. The minimum atomic E-state index is -3.81. The maximum atomic E-state index is 13.2. The first-order valence-electron chi connectivity index (χ1n) is 9.92. The average Bonchev–Trinajstić information content (AvgIpc) is 2.75. The van der Waals surface area contributed by atoms with E-state index < -0.39 is 28.0 Å². The van der Waals surface area contributed by atoms with Crippen LogP contribution in [0.4, 0.5) is 5.69 Å². The van der Waals surface area contributed by atoms with Crippen LogP contribution in [-0.2, 0) is 14.8 Å². The van der Waals surface area contributed by atoms with Gasteiger partial charge in [-0.1, -0.05) is 18.5 Å². The second kappa shape index (κ2) is 10.8. The lowest BCUT2D eigenvalue weighted by molar-refractivity contribution is -0.122. The zero-order valence-electron chi connectivity index (χ0n) is 19.0. The largest absolute Gasteiger partial charge is 0.497 e. The van der Waals surface area contributed by atoms with Crippen LogP contribution in [0.25, 0.3) is 0 Å². The first-order chi connectivity index (χ1) is 15.1. The van der Waals surface area contributed by atoms with Gasteiger partial charge in [-0.05, 0) is 49.7 Å². The summed E-state index contributed by atoms with van der Waals surface area (Å²) in [6.45, 7) is 3.53. The normalized spacial score (nSPS) is 13.1. The van der Waals surface area contributed by atoms with E-state index in [9.17, 15) is 13.2 Å². The van der Waals surface area contributed by atoms with Crippen molar-refractivity contribution in [2.45, 2.75) is 32.4 Å². The Hall–Kier alpha value is -2.65. The molecule has 0 saturated heterocycles. The maximum absolute atomic E-state index is 13.2. The monoisotopic (exact) mass is 484 g/mol. The number of sulfonamides is 1. The lowest BCUT2D eigenvalue weighted by Crippen LogP contribution is -2.49. The molecular weight excluding hydrogens is 456 g/mol. The fraction of sp³-hybridized carbons (Fsp3) is 0.409. The van der Waals surface area contributed by atoms with Gasteiger partial charge in [-0.15, -0.1) is 0 Å². The molecule has 2 rings (SSSR count). The second-order valence-electron chi connectivity index (χ2n) is 7.14. The van der Waals surface area contributed by atoms with Crippen molar-refractivity contribution in [2.24, 2.45) is 0 Å². The Morgan fingerprint density at radius 1 is 1.06 bits per heavy atom. The standard InChI is InChI=1S/C22H29ClN2O6S/c1-7-19(25(32(6,27)28)15-8-10-21(31-5)18(23)12-15)22(26)24-14(2)17-13-16(29-3)9-11-20(17)30-4/h8-14,19H,7H2,1-6H3,(H,24,26)/t14-,19+/m0/s1. The summed E-state index contributed by atoms with van der Waals surface area (Å²) in [6.07, 6.45) is 1.29. The Morgan fingerprint density at radius 2 is 1.69 bits per heavy atom. The minimum absolute atomic E-state index is 0.239. The summed E-state index contributed by atoms with van der Waals surface area (Å²) < 4.78 is 42.2. The Bertz CT molecular complexity index is 1060. The molecule has 0 heterocycles. The van der Waals surface area contributed by atoms with Gasteiger partial charge < -0.3 is 19.5 Å². The third-order valence-electron chi connectivity index (χ3n) is 4.98. The Kier molecular flexibility index (Phi) is 8.63. The quantitative estimate of drug-likeness (QED) is 0.551. The number of halogens is 1. The number of benzene rings is 2. The van der Waals surface area contributed by atoms with Crippen molar-refractivity contribution in [3.63, 3.8) is 0 Å². The molecule has 1 N–H and O–H groups in total. The molecule has 2 aromatic rings. The molecule has 2 atom stereocenters. The van der Waals surface area contributed by atoms with E-state index in [1.54, 1.807) is 51.3 Å². The predicted octanol–water partition coefficient (Wildman–Crippen LogP) is 3.79. The average molecular weight is 485 g/mol. The summed E-state index contributed by atoms with van der Waals surface area (Å²) in [4.78, 5) is 13.2. The fourth-order valence-corrected chi connectivity index (χ4v) is 4.87. The fourth-order valence-electron chi connectivity index (χ4n) is 3.42. The van der Waals surface area contributed by atoms with Crippen LogP contribution in [0, 0.1) is 0 Å². The van der Waals surface area contributed by atoms with Crippen LogP contribution in [0.5, 0.6) is 17.2 Å². The SMILES string of the molecule is CC[C@H](C(=O)N[C@@H](C)c1cc(OC)ccc1OC)N(c1ccc(OC)c(Cl)c1)S(C)(=O)=O. The summed E-state index contributed by atoms with van der Waals surface area (Å²) in [5.41, 5.74) is 0.973. The van der Waals surface area contributed by atoms with E-state index in [-0.39, 0.29) is 17.1 Å². The highest BCUT2D eigenvalue weighted by Crippen LogP contribution is 2.33. The van der Waals surface area contributed by atoms with Crippen molar-refractivity contribution in [3.8, 4) is 17.2 Å². The molecule has 0 radical (unpaired) electrons. The molecule has 0 unspecified atom stereocenters. The molecule has 0 aromatic heterocycles. The Labute approximate surface area is 194 Å². The minimum Gasteiger partial charge on any atom is -0.497 e. The highest BCUT2D eigenvalue weighted by molar-refractivity contribution is 7.92. The van der Waals surface area contributed by atoms with Crippen LogP contribution in [0.1, 0.15) is 31.9 Å². The molecule has 0 aliphatic carbocycles. The van der Waals surface area contributed by atoms with E-state index in [2.05, 4.69) is 5.32 Å². The van der Waals surface area contributed by atoms with Crippen LogP contribution in [0.15, 0.2) is 36.4 Å². The molecule has 1 amide bonds. The molecule has 0 spiro atoms. The van der Waals surface area contributed by atoms with E-state index in [4.69, 9.17) is 25.8 Å². The van der Waals surface area contributed by atoms with Crippen molar-refractivity contribution in [1.82, 2.24) is 5.32 Å². The second-order valence-corrected chi connectivity index (χ2v) is 9.41. The van der Waals surface area contributed by atoms with E-state index in [1.165, 1.54) is 20.3 Å². The van der Waals surface area contributed by atoms with E-state index >= 15 is 0 Å². The van der Waals surface area contributed by atoms with Gasteiger partial charge in [-0.25, -0.2) is 8.42 Å². The number of carbonyl (C=O) groups is 1. The van der Waals surface area contributed by atoms with E-state index in [0.29, 0.717) is 22.8 Å². The number of carbonyl (C=O) groups excluding carboxylic acids is 1. The molecule has 0 saturated carbocycles. The zero-order chi connectivity index (χ0) is 24.1. The van der Waals surface area contributed by atoms with Crippen LogP contribution in [0.2, 0.25) is 5.02 Å². The molecule has 0 fully saturated rings. The number of anilines is 1. The molecule has 32 heavy (non-hydrogen) atoms. The topological polar surface area (TPSA) is 94.2 Å². The van der Waals surface area contributed by atoms with Crippen LogP contribution in [-0.4, -0.2) is 48.0 Å². The maximum Gasteiger partial charge on any atom is 0.244 e. The molecule has 2 aromatic carbocycles. The number of amides is 1. The number of ether oxygens (including phenoxy) is 3. The molecule has 0 aliphatic rings. The highest BCUT2D eigenvalue weighted by Gasteiger charge is 2.33. The molecule has 0 aliphatic heterocycles. The van der Waals surface area contributed by atoms with Gasteiger partial charge in [0.1, 0.15) is 23.3 Å². The molecule has 176 valence electrons. The number of hydrogen-bond acceptors (Lipinski definition) is 6. The first kappa shape index (κ1) is 25.6. The summed E-state index contributed by atoms with van der Waals surface area (Å²) >= 11 is 6.20. The van der Waals surface area contributed by atoms with Gasteiger partial charge >= 0.3 is 0 Å². The molecular formula is C22H29ClN2O6S. The lowest BCUT2D eigenvalue weighted by atomic mass is 10.1. The molecule has 8 nitrogen and oxygen atoms in total.